The highest BCUT2D eigenvalue weighted by atomic mass is 35.5. The van der Waals surface area contributed by atoms with E-state index in [1.54, 1.807) is 0 Å². The summed E-state index contributed by atoms with van der Waals surface area (Å²) >= 11 is 6.02. The molecule has 19 heavy (non-hydrogen) atoms. The van der Waals surface area contributed by atoms with Gasteiger partial charge in [0.1, 0.15) is 0 Å². The van der Waals surface area contributed by atoms with E-state index in [-0.39, 0.29) is 0 Å². The Morgan fingerprint density at radius 1 is 1.21 bits per heavy atom. The molecule has 2 heterocycles. The van der Waals surface area contributed by atoms with Gasteiger partial charge in [-0.1, -0.05) is 11.6 Å². The van der Waals surface area contributed by atoms with Crippen molar-refractivity contribution in [1.29, 1.82) is 0 Å². The van der Waals surface area contributed by atoms with Crippen molar-refractivity contribution in [3.63, 3.8) is 0 Å². The van der Waals surface area contributed by atoms with Gasteiger partial charge in [-0.25, -0.2) is 0 Å². The molecular formula is C15H16ClN3. The van der Waals surface area contributed by atoms with E-state index < -0.39 is 0 Å². The maximum Gasteiger partial charge on any atom is 0.0645 e. The minimum absolute atomic E-state index is 0.777. The third kappa shape index (κ3) is 2.26. The van der Waals surface area contributed by atoms with Crippen molar-refractivity contribution in [2.45, 2.75) is 26.9 Å². The van der Waals surface area contributed by atoms with Crippen LogP contribution in [0.2, 0.25) is 5.02 Å². The lowest BCUT2D eigenvalue weighted by molar-refractivity contribution is 0.602. The molecule has 0 aliphatic rings. The molecule has 0 N–H and O–H groups in total. The molecule has 0 amide bonds. The first-order valence-corrected chi connectivity index (χ1v) is 6.83. The molecule has 0 bridgehead atoms. The summed E-state index contributed by atoms with van der Waals surface area (Å²) in [6, 6.07) is 10.2. The molecule has 0 aliphatic heterocycles. The highest BCUT2D eigenvalue weighted by Crippen LogP contribution is 2.21. The molecule has 0 unspecified atom stereocenters. The normalized spacial score (nSPS) is 11.3. The standard InChI is InChI=1S/C15H16ClN3/c1-3-19-14(8-11(2)17-19)10-18-7-6-12-9-13(16)4-5-15(12)18/h4-9H,3,10H2,1-2H3. The summed E-state index contributed by atoms with van der Waals surface area (Å²) in [6.45, 7) is 5.88. The number of aromatic nitrogens is 3. The summed E-state index contributed by atoms with van der Waals surface area (Å²) in [5, 5.41) is 6.44. The number of rotatable bonds is 3. The van der Waals surface area contributed by atoms with Crippen LogP contribution in [0.4, 0.5) is 0 Å². The lowest BCUT2D eigenvalue weighted by Crippen LogP contribution is -2.07. The van der Waals surface area contributed by atoms with Crippen LogP contribution in [0.15, 0.2) is 36.5 Å². The highest BCUT2D eigenvalue weighted by Gasteiger charge is 2.07. The lowest BCUT2D eigenvalue weighted by Gasteiger charge is -2.07. The van der Waals surface area contributed by atoms with Crippen LogP contribution in [0, 0.1) is 6.92 Å². The summed E-state index contributed by atoms with van der Waals surface area (Å²) in [5.74, 6) is 0. The largest absolute Gasteiger partial charge is 0.341 e. The zero-order valence-corrected chi connectivity index (χ0v) is 11.9. The Balaban J connectivity index is 2.01. The first kappa shape index (κ1) is 12.3. The Kier molecular flexibility index (Phi) is 3.07. The van der Waals surface area contributed by atoms with Gasteiger partial charge < -0.3 is 4.57 Å². The maximum atomic E-state index is 6.02. The van der Waals surface area contributed by atoms with Gasteiger partial charge >= 0.3 is 0 Å². The quantitative estimate of drug-likeness (QED) is 0.710. The molecule has 3 aromatic rings. The van der Waals surface area contributed by atoms with E-state index in [1.807, 2.05) is 19.1 Å². The van der Waals surface area contributed by atoms with Gasteiger partial charge in [0.05, 0.1) is 17.9 Å². The summed E-state index contributed by atoms with van der Waals surface area (Å²) in [5.41, 5.74) is 3.50. The second kappa shape index (κ2) is 4.74. The Bertz CT molecular complexity index is 724. The first-order chi connectivity index (χ1) is 9.17. The molecule has 1 aromatic carbocycles. The van der Waals surface area contributed by atoms with Crippen LogP contribution in [0.5, 0.6) is 0 Å². The second-order valence-electron chi connectivity index (χ2n) is 4.74. The molecule has 0 atom stereocenters. The summed E-state index contributed by atoms with van der Waals surface area (Å²) in [4.78, 5) is 0. The molecule has 3 nitrogen and oxygen atoms in total. The summed E-state index contributed by atoms with van der Waals surface area (Å²) < 4.78 is 4.28. The van der Waals surface area contributed by atoms with Gasteiger partial charge in [-0.15, -0.1) is 0 Å². The van der Waals surface area contributed by atoms with Gasteiger partial charge in [-0.05, 0) is 44.2 Å². The number of benzene rings is 1. The first-order valence-electron chi connectivity index (χ1n) is 6.45. The molecule has 2 aromatic heterocycles. The van der Waals surface area contributed by atoms with E-state index in [0.717, 1.165) is 23.8 Å². The van der Waals surface area contributed by atoms with Crippen molar-refractivity contribution >= 4 is 22.5 Å². The molecule has 98 valence electrons. The molecule has 0 aliphatic carbocycles. The average Bonchev–Trinajstić information content (AvgIpc) is 2.93. The van der Waals surface area contributed by atoms with Crippen molar-refractivity contribution in [2.24, 2.45) is 0 Å². The van der Waals surface area contributed by atoms with Gasteiger partial charge in [0.25, 0.3) is 0 Å². The fraction of sp³-hybridized carbons (Fsp3) is 0.267. The molecular weight excluding hydrogens is 258 g/mol. The minimum atomic E-state index is 0.777. The van der Waals surface area contributed by atoms with E-state index in [4.69, 9.17) is 11.6 Å². The van der Waals surface area contributed by atoms with E-state index in [1.165, 1.54) is 16.6 Å². The van der Waals surface area contributed by atoms with Crippen LogP contribution in [-0.4, -0.2) is 14.3 Å². The van der Waals surface area contributed by atoms with Crippen LogP contribution >= 0.6 is 11.6 Å². The topological polar surface area (TPSA) is 22.8 Å². The van der Waals surface area contributed by atoms with Gasteiger partial charge in [0.2, 0.25) is 0 Å². The van der Waals surface area contributed by atoms with Gasteiger partial charge in [-0.2, -0.15) is 5.10 Å². The average molecular weight is 274 g/mol. The maximum absolute atomic E-state index is 6.02. The molecule has 3 rings (SSSR count). The molecule has 0 fully saturated rings. The van der Waals surface area contributed by atoms with E-state index in [0.29, 0.717) is 0 Å². The molecule has 0 radical (unpaired) electrons. The Hall–Kier alpha value is -1.74. The SMILES string of the molecule is CCn1nc(C)cc1Cn1ccc2cc(Cl)ccc21. The summed E-state index contributed by atoms with van der Waals surface area (Å²) in [6.07, 6.45) is 2.10. The molecule has 0 saturated carbocycles. The van der Waals surface area contributed by atoms with Crippen LogP contribution in [0.3, 0.4) is 0 Å². The zero-order chi connectivity index (χ0) is 13.4. The number of fused-ring (bicyclic) bond motifs is 1. The Labute approximate surface area is 117 Å². The van der Waals surface area contributed by atoms with Crippen molar-refractivity contribution in [3.05, 3.63) is 52.9 Å². The third-order valence-electron chi connectivity index (χ3n) is 3.35. The highest BCUT2D eigenvalue weighted by molar-refractivity contribution is 6.31. The lowest BCUT2D eigenvalue weighted by atomic mass is 10.2. The Morgan fingerprint density at radius 3 is 2.84 bits per heavy atom. The fourth-order valence-electron chi connectivity index (χ4n) is 2.48. The number of hydrogen-bond acceptors (Lipinski definition) is 1. The fourth-order valence-corrected chi connectivity index (χ4v) is 2.66. The van der Waals surface area contributed by atoms with E-state index in [2.05, 4.69) is 45.7 Å². The minimum Gasteiger partial charge on any atom is -0.341 e. The third-order valence-corrected chi connectivity index (χ3v) is 3.59. The van der Waals surface area contributed by atoms with Crippen molar-refractivity contribution < 1.29 is 0 Å². The van der Waals surface area contributed by atoms with Crippen molar-refractivity contribution in [1.82, 2.24) is 14.3 Å². The van der Waals surface area contributed by atoms with Gasteiger partial charge in [0.15, 0.2) is 0 Å². The number of hydrogen-bond donors (Lipinski definition) is 0. The van der Waals surface area contributed by atoms with E-state index >= 15 is 0 Å². The van der Waals surface area contributed by atoms with Crippen LogP contribution in [-0.2, 0) is 13.1 Å². The Morgan fingerprint density at radius 2 is 2.05 bits per heavy atom. The van der Waals surface area contributed by atoms with Crippen LogP contribution < -0.4 is 0 Å². The van der Waals surface area contributed by atoms with Gasteiger partial charge in [-0.3, -0.25) is 4.68 Å². The zero-order valence-electron chi connectivity index (χ0n) is 11.1. The summed E-state index contributed by atoms with van der Waals surface area (Å²) in [7, 11) is 0. The predicted molar refractivity (Wildman–Crippen MR) is 78.7 cm³/mol. The monoisotopic (exact) mass is 273 g/mol. The smallest absolute Gasteiger partial charge is 0.0645 e. The number of halogens is 1. The van der Waals surface area contributed by atoms with E-state index in [9.17, 15) is 0 Å². The second-order valence-corrected chi connectivity index (χ2v) is 5.18. The predicted octanol–water partition coefficient (Wildman–Crippen LogP) is 3.87. The van der Waals surface area contributed by atoms with Crippen molar-refractivity contribution in [2.75, 3.05) is 0 Å². The molecule has 0 spiro atoms. The number of aryl methyl sites for hydroxylation is 2. The molecule has 4 heteroatoms. The van der Waals surface area contributed by atoms with Crippen molar-refractivity contribution in [3.8, 4) is 0 Å². The van der Waals surface area contributed by atoms with Gasteiger partial charge in [0, 0.05) is 28.7 Å². The van der Waals surface area contributed by atoms with Crippen LogP contribution in [0.1, 0.15) is 18.3 Å². The number of nitrogens with zero attached hydrogens (tertiary/aromatic N) is 3. The van der Waals surface area contributed by atoms with Crippen LogP contribution in [0.25, 0.3) is 10.9 Å². The molecule has 0 saturated heterocycles.